The van der Waals surface area contributed by atoms with Gasteiger partial charge in [0.05, 0.1) is 0 Å². The highest BCUT2D eigenvalue weighted by Crippen LogP contribution is 2.17. The van der Waals surface area contributed by atoms with Gasteiger partial charge in [0.25, 0.3) is 0 Å². The molecule has 1 aromatic rings. The van der Waals surface area contributed by atoms with Gasteiger partial charge in [0.15, 0.2) is 0 Å². The van der Waals surface area contributed by atoms with Crippen LogP contribution in [-0.2, 0) is 6.42 Å². The summed E-state index contributed by atoms with van der Waals surface area (Å²) in [6.07, 6.45) is 0.766. The van der Waals surface area contributed by atoms with Crippen LogP contribution in [0.2, 0.25) is 0 Å². The van der Waals surface area contributed by atoms with E-state index in [4.69, 9.17) is 11.6 Å². The first-order valence-corrected chi connectivity index (χ1v) is 4.89. The molecule has 0 aliphatic heterocycles. The highest BCUT2D eigenvalue weighted by molar-refractivity contribution is 6.29. The molecule has 0 spiro atoms. The Labute approximate surface area is 85.2 Å². The Bertz CT molecular complexity index is 300. The third-order valence-electron chi connectivity index (χ3n) is 2.01. The molecule has 0 aliphatic carbocycles. The summed E-state index contributed by atoms with van der Waals surface area (Å²) >= 11 is 5.75. The molecule has 13 heavy (non-hydrogen) atoms. The van der Waals surface area contributed by atoms with E-state index in [1.807, 2.05) is 0 Å². The van der Waals surface area contributed by atoms with Crippen molar-refractivity contribution in [2.24, 2.45) is 0 Å². The third-order valence-corrected chi connectivity index (χ3v) is 2.15. The van der Waals surface area contributed by atoms with Crippen molar-refractivity contribution < 1.29 is 0 Å². The number of allylic oxidation sites excluding steroid dienone is 1. The predicted molar refractivity (Wildman–Crippen MR) is 59.2 cm³/mol. The molecule has 0 unspecified atom stereocenters. The van der Waals surface area contributed by atoms with E-state index in [2.05, 4.69) is 44.7 Å². The van der Waals surface area contributed by atoms with Crippen molar-refractivity contribution in [3.63, 3.8) is 0 Å². The van der Waals surface area contributed by atoms with Gasteiger partial charge in [0, 0.05) is 11.5 Å². The summed E-state index contributed by atoms with van der Waals surface area (Å²) in [5.74, 6) is 0.573. The molecule has 0 nitrogen and oxygen atoms in total. The summed E-state index contributed by atoms with van der Waals surface area (Å²) < 4.78 is 0. The molecular weight excluding hydrogens is 180 g/mol. The van der Waals surface area contributed by atoms with Crippen molar-refractivity contribution >= 4 is 11.6 Å². The van der Waals surface area contributed by atoms with Crippen LogP contribution in [-0.4, -0.2) is 0 Å². The van der Waals surface area contributed by atoms with E-state index in [1.165, 1.54) is 11.1 Å². The Morgan fingerprint density at radius 3 is 2.69 bits per heavy atom. The summed E-state index contributed by atoms with van der Waals surface area (Å²) in [5.41, 5.74) is 2.60. The molecule has 0 N–H and O–H groups in total. The van der Waals surface area contributed by atoms with Crippen LogP contribution in [0.15, 0.2) is 35.9 Å². The van der Waals surface area contributed by atoms with Crippen LogP contribution in [0, 0.1) is 0 Å². The highest BCUT2D eigenvalue weighted by Gasteiger charge is 2.00. The lowest BCUT2D eigenvalue weighted by molar-refractivity contribution is 0.863. The van der Waals surface area contributed by atoms with Gasteiger partial charge in [-0.15, -0.1) is 0 Å². The lowest BCUT2D eigenvalue weighted by Gasteiger charge is -2.07. The first kappa shape index (κ1) is 10.3. The zero-order valence-electron chi connectivity index (χ0n) is 8.18. The van der Waals surface area contributed by atoms with Gasteiger partial charge in [0.1, 0.15) is 0 Å². The zero-order valence-corrected chi connectivity index (χ0v) is 8.93. The average molecular weight is 195 g/mol. The number of rotatable bonds is 3. The Morgan fingerprint density at radius 1 is 1.46 bits per heavy atom. The van der Waals surface area contributed by atoms with Gasteiger partial charge < -0.3 is 0 Å². The monoisotopic (exact) mass is 194 g/mol. The van der Waals surface area contributed by atoms with Crippen molar-refractivity contribution in [1.29, 1.82) is 0 Å². The molecule has 0 aliphatic rings. The van der Waals surface area contributed by atoms with E-state index >= 15 is 0 Å². The molecule has 0 saturated carbocycles. The van der Waals surface area contributed by atoms with Crippen molar-refractivity contribution in [3.05, 3.63) is 47.0 Å². The summed E-state index contributed by atoms with van der Waals surface area (Å²) in [7, 11) is 0. The molecule has 0 fully saturated rings. The van der Waals surface area contributed by atoms with Crippen LogP contribution < -0.4 is 0 Å². The van der Waals surface area contributed by atoms with Gasteiger partial charge in [-0.3, -0.25) is 0 Å². The van der Waals surface area contributed by atoms with Crippen LogP contribution in [0.1, 0.15) is 30.9 Å². The van der Waals surface area contributed by atoms with Crippen LogP contribution in [0.5, 0.6) is 0 Å². The fourth-order valence-corrected chi connectivity index (χ4v) is 1.44. The fraction of sp³-hybridized carbons (Fsp3) is 0.333. The normalized spacial score (nSPS) is 10.5. The summed E-state index contributed by atoms with van der Waals surface area (Å²) in [6.45, 7) is 8.07. The first-order valence-electron chi connectivity index (χ1n) is 4.51. The van der Waals surface area contributed by atoms with Crippen molar-refractivity contribution in [2.75, 3.05) is 0 Å². The molecule has 0 bridgehead atoms. The van der Waals surface area contributed by atoms with Gasteiger partial charge in [0.2, 0.25) is 0 Å². The molecule has 0 saturated heterocycles. The fourth-order valence-electron chi connectivity index (χ4n) is 1.28. The number of hydrogen-bond acceptors (Lipinski definition) is 0. The van der Waals surface area contributed by atoms with Gasteiger partial charge in [-0.25, -0.2) is 0 Å². The van der Waals surface area contributed by atoms with E-state index < -0.39 is 0 Å². The smallest absolute Gasteiger partial charge is 0.0153 e. The van der Waals surface area contributed by atoms with Gasteiger partial charge in [-0.1, -0.05) is 56.3 Å². The summed E-state index contributed by atoms with van der Waals surface area (Å²) in [4.78, 5) is 0. The minimum Gasteiger partial charge on any atom is -0.0894 e. The summed E-state index contributed by atoms with van der Waals surface area (Å²) in [5, 5.41) is 0.695. The molecule has 0 amide bonds. The Morgan fingerprint density at radius 2 is 2.15 bits per heavy atom. The SMILES string of the molecule is C=C(Cl)Cc1cccc(C(C)C)c1. The van der Waals surface area contributed by atoms with Gasteiger partial charge in [-0.2, -0.15) is 0 Å². The number of hydrogen-bond donors (Lipinski definition) is 0. The minimum atomic E-state index is 0.573. The van der Waals surface area contributed by atoms with E-state index in [9.17, 15) is 0 Å². The molecule has 0 heterocycles. The van der Waals surface area contributed by atoms with Crippen molar-refractivity contribution in [1.82, 2.24) is 0 Å². The molecule has 0 radical (unpaired) electrons. The topological polar surface area (TPSA) is 0 Å². The predicted octanol–water partition coefficient (Wildman–Crippen LogP) is 4.11. The van der Waals surface area contributed by atoms with E-state index in [-0.39, 0.29) is 0 Å². The first-order chi connectivity index (χ1) is 6.09. The second kappa shape index (κ2) is 4.48. The maximum absolute atomic E-state index is 5.75. The van der Waals surface area contributed by atoms with Crippen LogP contribution >= 0.6 is 11.6 Å². The van der Waals surface area contributed by atoms with Crippen molar-refractivity contribution in [2.45, 2.75) is 26.2 Å². The van der Waals surface area contributed by atoms with E-state index in [0.29, 0.717) is 11.0 Å². The quantitative estimate of drug-likeness (QED) is 0.680. The van der Waals surface area contributed by atoms with Crippen LogP contribution in [0.4, 0.5) is 0 Å². The lowest BCUT2D eigenvalue weighted by Crippen LogP contribution is -1.90. The third kappa shape index (κ3) is 3.23. The Balaban J connectivity index is 2.85. The summed E-state index contributed by atoms with van der Waals surface area (Å²) in [6, 6.07) is 8.49. The molecule has 0 atom stereocenters. The number of benzene rings is 1. The maximum atomic E-state index is 5.75. The molecule has 1 aromatic carbocycles. The molecule has 0 aromatic heterocycles. The molecule has 1 rings (SSSR count). The van der Waals surface area contributed by atoms with Gasteiger partial charge >= 0.3 is 0 Å². The van der Waals surface area contributed by atoms with Crippen molar-refractivity contribution in [3.8, 4) is 0 Å². The minimum absolute atomic E-state index is 0.573. The van der Waals surface area contributed by atoms with E-state index in [1.54, 1.807) is 0 Å². The number of halogens is 1. The Hall–Kier alpha value is -0.750. The standard InChI is InChI=1S/C12H15Cl/c1-9(2)12-6-4-5-11(8-12)7-10(3)13/h4-6,8-9H,3,7H2,1-2H3. The highest BCUT2D eigenvalue weighted by atomic mass is 35.5. The Kier molecular flexibility index (Phi) is 3.56. The molecule has 70 valence electrons. The lowest BCUT2D eigenvalue weighted by atomic mass is 10.00. The van der Waals surface area contributed by atoms with Crippen LogP contribution in [0.25, 0.3) is 0 Å². The van der Waals surface area contributed by atoms with Gasteiger partial charge in [-0.05, 0) is 17.0 Å². The second-order valence-corrected chi connectivity index (χ2v) is 4.13. The molecule has 1 heteroatoms. The second-order valence-electron chi connectivity index (χ2n) is 3.59. The molecular formula is C12H15Cl. The average Bonchev–Trinajstić information content (AvgIpc) is 2.03. The maximum Gasteiger partial charge on any atom is 0.0153 e. The zero-order chi connectivity index (χ0) is 9.84. The largest absolute Gasteiger partial charge is 0.0894 e. The van der Waals surface area contributed by atoms with E-state index in [0.717, 1.165) is 6.42 Å². The van der Waals surface area contributed by atoms with Crippen LogP contribution in [0.3, 0.4) is 0 Å².